The molecule has 4 rings (SSSR count). The van der Waals surface area contributed by atoms with Crippen LogP contribution in [0.15, 0.2) is 42.5 Å². The summed E-state index contributed by atoms with van der Waals surface area (Å²) in [6.07, 6.45) is -1.91. The predicted molar refractivity (Wildman–Crippen MR) is 138 cm³/mol. The standard InChI is InChI=1S/C28H33ClN2O4/c1-16-18-15-21-19(14-20(18)31-25(29)22(16)27(2,3)4)23(24(32)28(5,6)35-21)34-26(33)30-13-12-17-10-8-7-9-11-17/h7-11,14-15,23-24,32H,12-13H2,1-6H3,(H,30,33)/t23-,24+/m0/s1. The summed E-state index contributed by atoms with van der Waals surface area (Å²) in [6.45, 7) is 12.3. The number of hydrogen-bond donors (Lipinski definition) is 2. The van der Waals surface area contributed by atoms with E-state index >= 15 is 0 Å². The van der Waals surface area contributed by atoms with Crippen molar-refractivity contribution in [1.29, 1.82) is 0 Å². The van der Waals surface area contributed by atoms with Gasteiger partial charge >= 0.3 is 6.09 Å². The van der Waals surface area contributed by atoms with Crippen molar-refractivity contribution in [3.8, 4) is 5.75 Å². The number of carbonyl (C=O) groups excluding carboxylic acids is 1. The van der Waals surface area contributed by atoms with Crippen LogP contribution in [-0.2, 0) is 16.6 Å². The number of amides is 1. The molecule has 0 unspecified atom stereocenters. The minimum atomic E-state index is -1.07. The number of carbonyl (C=O) groups is 1. The highest BCUT2D eigenvalue weighted by Crippen LogP contribution is 2.45. The first-order valence-corrected chi connectivity index (χ1v) is 12.3. The number of nitrogens with zero attached hydrogens (tertiary/aromatic N) is 1. The SMILES string of the molecule is Cc1c(C(C)(C)C)c(Cl)nc2cc3c(cc12)OC(C)(C)[C@H](O)[C@H]3OC(=O)NCCc1ccccc1. The fourth-order valence-corrected chi connectivity index (χ4v) is 5.24. The van der Waals surface area contributed by atoms with Crippen molar-refractivity contribution < 1.29 is 19.4 Å². The summed E-state index contributed by atoms with van der Waals surface area (Å²) in [7, 11) is 0. The van der Waals surface area contributed by atoms with Crippen LogP contribution in [-0.4, -0.2) is 34.4 Å². The van der Waals surface area contributed by atoms with Gasteiger partial charge < -0.3 is 19.9 Å². The highest BCUT2D eigenvalue weighted by molar-refractivity contribution is 6.31. The largest absolute Gasteiger partial charge is 0.485 e. The zero-order valence-corrected chi connectivity index (χ0v) is 21.9. The molecule has 2 N–H and O–H groups in total. The third-order valence-corrected chi connectivity index (χ3v) is 6.79. The summed E-state index contributed by atoms with van der Waals surface area (Å²) in [5.74, 6) is 0.557. The van der Waals surface area contributed by atoms with Crippen molar-refractivity contribution in [3.63, 3.8) is 0 Å². The van der Waals surface area contributed by atoms with E-state index in [1.807, 2.05) is 43.3 Å². The third kappa shape index (κ3) is 5.09. The Hall–Kier alpha value is -2.83. The number of aromatic nitrogens is 1. The minimum absolute atomic E-state index is 0.182. The maximum absolute atomic E-state index is 12.7. The number of hydrogen-bond acceptors (Lipinski definition) is 5. The lowest BCUT2D eigenvalue weighted by Crippen LogP contribution is -2.50. The van der Waals surface area contributed by atoms with Crippen LogP contribution in [0.4, 0.5) is 4.79 Å². The van der Waals surface area contributed by atoms with Gasteiger partial charge in [-0.3, -0.25) is 0 Å². The van der Waals surface area contributed by atoms with Crippen LogP contribution < -0.4 is 10.1 Å². The smallest absolute Gasteiger partial charge is 0.407 e. The van der Waals surface area contributed by atoms with Gasteiger partial charge in [-0.05, 0) is 61.4 Å². The molecule has 0 radical (unpaired) electrons. The number of halogens is 1. The highest BCUT2D eigenvalue weighted by Gasteiger charge is 2.45. The molecular formula is C28H33ClN2O4. The molecule has 1 aromatic heterocycles. The van der Waals surface area contributed by atoms with Crippen molar-refractivity contribution in [2.75, 3.05) is 6.54 Å². The van der Waals surface area contributed by atoms with Gasteiger partial charge in [-0.2, -0.15) is 0 Å². The predicted octanol–water partition coefficient (Wildman–Crippen LogP) is 6.04. The van der Waals surface area contributed by atoms with E-state index in [0.717, 1.165) is 22.1 Å². The Kier molecular flexibility index (Phi) is 6.73. The first-order valence-electron chi connectivity index (χ1n) is 11.9. The number of benzene rings is 2. The van der Waals surface area contributed by atoms with Crippen molar-refractivity contribution >= 4 is 28.6 Å². The van der Waals surface area contributed by atoms with Gasteiger partial charge in [0.2, 0.25) is 0 Å². The van der Waals surface area contributed by atoms with Crippen LogP contribution in [0.3, 0.4) is 0 Å². The third-order valence-electron chi connectivity index (χ3n) is 6.52. The zero-order valence-electron chi connectivity index (χ0n) is 21.1. The average molecular weight is 497 g/mol. The van der Waals surface area contributed by atoms with Crippen molar-refractivity contribution in [2.24, 2.45) is 0 Å². The summed E-state index contributed by atoms with van der Waals surface area (Å²) >= 11 is 6.59. The normalized spacial score (nSPS) is 19.1. The molecule has 3 aromatic rings. The van der Waals surface area contributed by atoms with E-state index in [0.29, 0.717) is 34.9 Å². The summed E-state index contributed by atoms with van der Waals surface area (Å²) in [5, 5.41) is 15.2. The molecule has 2 heterocycles. The number of pyridine rings is 1. The van der Waals surface area contributed by atoms with E-state index in [2.05, 4.69) is 31.1 Å². The Morgan fingerprint density at radius 2 is 1.91 bits per heavy atom. The Labute approximate surface area is 211 Å². The Balaban J connectivity index is 1.65. The molecule has 0 saturated carbocycles. The first kappa shape index (κ1) is 25.3. The van der Waals surface area contributed by atoms with Gasteiger partial charge in [-0.15, -0.1) is 0 Å². The lowest BCUT2D eigenvalue weighted by molar-refractivity contribution is -0.113. The maximum atomic E-state index is 12.7. The maximum Gasteiger partial charge on any atom is 0.407 e. The monoisotopic (exact) mass is 496 g/mol. The van der Waals surface area contributed by atoms with Gasteiger partial charge in [0.25, 0.3) is 0 Å². The molecule has 0 fully saturated rings. The zero-order chi connectivity index (χ0) is 25.5. The molecule has 1 amide bonds. The minimum Gasteiger partial charge on any atom is -0.485 e. The summed E-state index contributed by atoms with van der Waals surface area (Å²) < 4.78 is 11.9. The number of fused-ring (bicyclic) bond motifs is 2. The van der Waals surface area contributed by atoms with Crippen molar-refractivity contribution in [2.45, 2.75) is 71.2 Å². The molecule has 6 nitrogen and oxygen atoms in total. The number of nitrogens with one attached hydrogen (secondary N) is 1. The lowest BCUT2D eigenvalue weighted by Gasteiger charge is -2.41. The van der Waals surface area contributed by atoms with Gasteiger partial charge in [0.15, 0.2) is 6.10 Å². The molecule has 2 aromatic carbocycles. The number of aliphatic hydroxyl groups is 1. The van der Waals surface area contributed by atoms with Gasteiger partial charge in [0, 0.05) is 17.5 Å². The number of alkyl carbamates (subject to hydrolysis) is 1. The van der Waals surface area contributed by atoms with Gasteiger partial charge in [-0.25, -0.2) is 9.78 Å². The van der Waals surface area contributed by atoms with E-state index in [4.69, 9.17) is 21.1 Å². The van der Waals surface area contributed by atoms with Gasteiger partial charge in [0.1, 0.15) is 22.6 Å². The second-order valence-electron chi connectivity index (χ2n) is 10.7. The second kappa shape index (κ2) is 9.32. The number of ether oxygens (including phenoxy) is 2. The Morgan fingerprint density at radius 1 is 1.23 bits per heavy atom. The van der Waals surface area contributed by atoms with Crippen molar-refractivity contribution in [3.05, 3.63) is 69.9 Å². The second-order valence-corrected chi connectivity index (χ2v) is 11.1. The number of aliphatic hydroxyl groups excluding tert-OH is 1. The van der Waals surface area contributed by atoms with Crippen molar-refractivity contribution in [1.82, 2.24) is 10.3 Å². The van der Waals surface area contributed by atoms with E-state index in [-0.39, 0.29) is 5.41 Å². The topological polar surface area (TPSA) is 80.7 Å². The molecule has 186 valence electrons. The molecule has 35 heavy (non-hydrogen) atoms. The molecule has 0 spiro atoms. The average Bonchev–Trinajstić information content (AvgIpc) is 2.76. The number of aryl methyl sites for hydroxylation is 1. The lowest BCUT2D eigenvalue weighted by atomic mass is 9.83. The van der Waals surface area contributed by atoms with E-state index in [9.17, 15) is 9.90 Å². The Morgan fingerprint density at radius 3 is 2.57 bits per heavy atom. The quantitative estimate of drug-likeness (QED) is 0.430. The fourth-order valence-electron chi connectivity index (χ4n) is 4.73. The van der Waals surface area contributed by atoms with Crippen LogP contribution in [0, 0.1) is 6.92 Å². The van der Waals surface area contributed by atoms with Gasteiger partial charge in [0.05, 0.1) is 5.52 Å². The van der Waals surface area contributed by atoms with Crippen LogP contribution >= 0.6 is 11.6 Å². The van der Waals surface area contributed by atoms with E-state index in [1.165, 1.54) is 0 Å². The fraction of sp³-hybridized carbons (Fsp3) is 0.429. The van der Waals surface area contributed by atoms with E-state index < -0.39 is 23.9 Å². The summed E-state index contributed by atoms with van der Waals surface area (Å²) in [4.78, 5) is 17.3. The van der Waals surface area contributed by atoms with E-state index in [1.54, 1.807) is 19.9 Å². The van der Waals surface area contributed by atoms with Crippen LogP contribution in [0.25, 0.3) is 10.9 Å². The molecule has 2 atom stereocenters. The molecule has 0 aliphatic carbocycles. The molecule has 1 aliphatic rings. The van der Waals surface area contributed by atoms with Crippen LogP contribution in [0.2, 0.25) is 5.15 Å². The molecule has 7 heteroatoms. The highest BCUT2D eigenvalue weighted by atomic mass is 35.5. The molecule has 0 bridgehead atoms. The van der Waals surface area contributed by atoms with Crippen LogP contribution in [0.5, 0.6) is 5.75 Å². The first-order chi connectivity index (χ1) is 16.4. The Bertz CT molecular complexity index is 1250. The molecule has 1 aliphatic heterocycles. The molecular weight excluding hydrogens is 464 g/mol. The number of rotatable bonds is 4. The summed E-state index contributed by atoms with van der Waals surface area (Å²) in [6, 6.07) is 13.6. The molecule has 0 saturated heterocycles. The summed E-state index contributed by atoms with van der Waals surface area (Å²) in [5.41, 5.74) is 3.20. The van der Waals surface area contributed by atoms with Gasteiger partial charge in [-0.1, -0.05) is 62.7 Å². The van der Waals surface area contributed by atoms with Crippen LogP contribution in [0.1, 0.15) is 63.0 Å².